The lowest BCUT2D eigenvalue weighted by atomic mass is 10.1. The molecule has 0 radical (unpaired) electrons. The van der Waals surface area contributed by atoms with E-state index < -0.39 is 4.92 Å². The van der Waals surface area contributed by atoms with Crippen LogP contribution in [0.5, 0.6) is 0 Å². The number of rotatable bonds is 1. The summed E-state index contributed by atoms with van der Waals surface area (Å²) in [7, 11) is 0. The van der Waals surface area contributed by atoms with Crippen LogP contribution in [0.25, 0.3) is 0 Å². The number of benzene rings is 1. The van der Waals surface area contributed by atoms with Crippen molar-refractivity contribution in [1.29, 1.82) is 0 Å². The molecule has 14 heavy (non-hydrogen) atoms. The molecule has 0 bridgehead atoms. The maximum atomic E-state index is 11.3. The van der Waals surface area contributed by atoms with Crippen LogP contribution in [-0.4, -0.2) is 15.2 Å². The Bertz CT molecular complexity index is 433. The second-order valence-corrected chi connectivity index (χ2v) is 3.33. The van der Waals surface area contributed by atoms with Crippen molar-refractivity contribution in [3.63, 3.8) is 0 Å². The Morgan fingerprint density at radius 3 is 2.86 bits per heavy atom. The Hall–Kier alpha value is -1.62. The minimum atomic E-state index is -0.498. The van der Waals surface area contributed by atoms with Crippen molar-refractivity contribution in [2.45, 2.75) is 6.54 Å². The number of halogens is 1. The van der Waals surface area contributed by atoms with Gasteiger partial charge < -0.3 is 0 Å². The van der Waals surface area contributed by atoms with Crippen LogP contribution in [0.15, 0.2) is 18.2 Å². The molecule has 1 aliphatic heterocycles. The van der Waals surface area contributed by atoms with Crippen LogP contribution in [0, 0.1) is 10.1 Å². The fraction of sp³-hybridized carbons (Fsp3) is 0.125. The molecule has 72 valence electrons. The summed E-state index contributed by atoms with van der Waals surface area (Å²) in [4.78, 5) is 21.2. The van der Waals surface area contributed by atoms with Gasteiger partial charge in [-0.2, -0.15) is 0 Å². The predicted octanol–water partition coefficient (Wildman–Crippen LogP) is 1.70. The van der Waals surface area contributed by atoms with E-state index in [0.29, 0.717) is 11.1 Å². The summed E-state index contributed by atoms with van der Waals surface area (Å²) in [5, 5.41) is 10.4. The van der Waals surface area contributed by atoms with Crippen molar-refractivity contribution in [2.75, 3.05) is 0 Å². The highest BCUT2D eigenvalue weighted by Crippen LogP contribution is 2.27. The molecule has 1 heterocycles. The van der Waals surface area contributed by atoms with Gasteiger partial charge in [0.05, 0.1) is 11.5 Å². The molecule has 1 aromatic rings. The molecule has 0 atom stereocenters. The minimum absolute atomic E-state index is 0.0245. The van der Waals surface area contributed by atoms with Crippen LogP contribution in [0.2, 0.25) is 0 Å². The van der Waals surface area contributed by atoms with E-state index in [-0.39, 0.29) is 18.1 Å². The molecule has 1 amide bonds. The van der Waals surface area contributed by atoms with Gasteiger partial charge in [0, 0.05) is 29.5 Å². The first kappa shape index (κ1) is 8.96. The van der Waals surface area contributed by atoms with E-state index in [1.807, 2.05) is 0 Å². The Kier molecular flexibility index (Phi) is 1.89. The minimum Gasteiger partial charge on any atom is -0.268 e. The van der Waals surface area contributed by atoms with Gasteiger partial charge in [-0.1, -0.05) is 0 Å². The van der Waals surface area contributed by atoms with Crippen LogP contribution >= 0.6 is 11.8 Å². The zero-order chi connectivity index (χ0) is 10.3. The smallest absolute Gasteiger partial charge is 0.268 e. The molecule has 6 heteroatoms. The van der Waals surface area contributed by atoms with Crippen LogP contribution in [0.1, 0.15) is 15.9 Å². The van der Waals surface area contributed by atoms with Crippen LogP contribution in [-0.2, 0) is 6.54 Å². The molecule has 0 N–H and O–H groups in total. The summed E-state index contributed by atoms with van der Waals surface area (Å²) in [5.74, 6) is -0.309. The number of hydrogen-bond acceptors (Lipinski definition) is 3. The van der Waals surface area contributed by atoms with Gasteiger partial charge in [0.2, 0.25) is 0 Å². The van der Waals surface area contributed by atoms with Crippen molar-refractivity contribution in [2.24, 2.45) is 0 Å². The lowest BCUT2D eigenvalue weighted by Crippen LogP contribution is -2.10. The van der Waals surface area contributed by atoms with Crippen molar-refractivity contribution < 1.29 is 9.72 Å². The number of nitrogens with zero attached hydrogens (tertiary/aromatic N) is 2. The normalized spacial score (nSPS) is 14.4. The van der Waals surface area contributed by atoms with Crippen LogP contribution < -0.4 is 0 Å². The molecule has 0 saturated heterocycles. The van der Waals surface area contributed by atoms with E-state index in [1.54, 1.807) is 0 Å². The number of nitro benzene ring substituents is 1. The van der Waals surface area contributed by atoms with E-state index in [2.05, 4.69) is 0 Å². The van der Waals surface area contributed by atoms with Crippen molar-refractivity contribution in [1.82, 2.24) is 4.42 Å². The summed E-state index contributed by atoms with van der Waals surface area (Å²) in [6.45, 7) is 0.220. The van der Waals surface area contributed by atoms with Gasteiger partial charge in [0.15, 0.2) is 0 Å². The standard InChI is InChI=1S/C8H5ClN2O3/c9-10-4-5-3-6(11(13)14)1-2-7(5)8(10)12/h1-3H,4H2. The van der Waals surface area contributed by atoms with Crippen molar-refractivity contribution in [3.05, 3.63) is 39.4 Å². The first-order chi connectivity index (χ1) is 6.59. The van der Waals surface area contributed by atoms with Gasteiger partial charge in [-0.25, -0.2) is 4.42 Å². The van der Waals surface area contributed by atoms with E-state index in [0.717, 1.165) is 4.42 Å². The monoisotopic (exact) mass is 212 g/mol. The van der Waals surface area contributed by atoms with Crippen molar-refractivity contribution in [3.8, 4) is 0 Å². The Morgan fingerprint density at radius 1 is 1.50 bits per heavy atom. The molecule has 2 rings (SSSR count). The molecule has 0 aliphatic carbocycles. The fourth-order valence-electron chi connectivity index (χ4n) is 1.39. The summed E-state index contributed by atoms with van der Waals surface area (Å²) in [6.07, 6.45) is 0. The highest BCUT2D eigenvalue weighted by Gasteiger charge is 2.27. The maximum absolute atomic E-state index is 11.3. The number of non-ortho nitro benzene ring substituents is 1. The molecule has 0 spiro atoms. The van der Waals surface area contributed by atoms with E-state index in [4.69, 9.17) is 11.8 Å². The van der Waals surface area contributed by atoms with E-state index >= 15 is 0 Å². The average Bonchev–Trinajstić information content (AvgIpc) is 2.42. The highest BCUT2D eigenvalue weighted by atomic mass is 35.5. The quantitative estimate of drug-likeness (QED) is 0.404. The van der Waals surface area contributed by atoms with E-state index in [9.17, 15) is 14.9 Å². The first-order valence-corrected chi connectivity index (χ1v) is 4.18. The second kappa shape index (κ2) is 2.95. The highest BCUT2D eigenvalue weighted by molar-refractivity contribution is 6.25. The lowest BCUT2D eigenvalue weighted by Gasteiger charge is -1.99. The molecule has 0 fully saturated rings. The van der Waals surface area contributed by atoms with Crippen molar-refractivity contribution >= 4 is 23.4 Å². The summed E-state index contributed by atoms with van der Waals surface area (Å²) < 4.78 is 1.01. The summed E-state index contributed by atoms with van der Waals surface area (Å²) in [5.41, 5.74) is 1.01. The van der Waals surface area contributed by atoms with Gasteiger partial charge in [0.25, 0.3) is 11.6 Å². The maximum Gasteiger partial charge on any atom is 0.269 e. The predicted molar refractivity (Wildman–Crippen MR) is 48.8 cm³/mol. The second-order valence-electron chi connectivity index (χ2n) is 2.92. The third-order valence-electron chi connectivity index (χ3n) is 2.06. The molecule has 0 aromatic heterocycles. The zero-order valence-corrected chi connectivity index (χ0v) is 7.69. The number of amides is 1. The number of carbonyl (C=O) groups excluding carboxylic acids is 1. The molecular weight excluding hydrogens is 208 g/mol. The summed E-state index contributed by atoms with van der Waals surface area (Å²) >= 11 is 5.57. The number of nitro groups is 1. The molecule has 0 saturated carbocycles. The van der Waals surface area contributed by atoms with Crippen LogP contribution in [0.4, 0.5) is 5.69 Å². The Morgan fingerprint density at radius 2 is 2.21 bits per heavy atom. The molecule has 1 aliphatic rings. The largest absolute Gasteiger partial charge is 0.269 e. The zero-order valence-electron chi connectivity index (χ0n) is 6.94. The fourth-order valence-corrected chi connectivity index (χ4v) is 1.61. The Labute approximate surface area is 84.1 Å². The third-order valence-corrected chi connectivity index (χ3v) is 2.33. The molecular formula is C8H5ClN2O3. The number of hydrogen-bond donors (Lipinski definition) is 0. The first-order valence-electron chi connectivity index (χ1n) is 3.84. The number of carbonyl (C=O) groups is 1. The molecule has 5 nitrogen and oxygen atoms in total. The third kappa shape index (κ3) is 1.22. The molecule has 1 aromatic carbocycles. The van der Waals surface area contributed by atoms with Gasteiger partial charge in [0.1, 0.15) is 0 Å². The van der Waals surface area contributed by atoms with Gasteiger partial charge in [-0.15, -0.1) is 0 Å². The van der Waals surface area contributed by atoms with Gasteiger partial charge in [-0.05, 0) is 11.6 Å². The SMILES string of the molecule is O=C1c2ccc([N+](=O)[O-])cc2CN1Cl. The van der Waals surface area contributed by atoms with Gasteiger partial charge >= 0.3 is 0 Å². The van der Waals surface area contributed by atoms with Crippen LogP contribution in [0.3, 0.4) is 0 Å². The average molecular weight is 213 g/mol. The van der Waals surface area contributed by atoms with Gasteiger partial charge in [-0.3, -0.25) is 14.9 Å². The molecule has 0 unspecified atom stereocenters. The summed E-state index contributed by atoms with van der Waals surface area (Å²) in [6, 6.07) is 4.10. The number of fused-ring (bicyclic) bond motifs is 1. The Balaban J connectivity index is 2.49. The topological polar surface area (TPSA) is 63.4 Å². The lowest BCUT2D eigenvalue weighted by molar-refractivity contribution is -0.384. The van der Waals surface area contributed by atoms with E-state index in [1.165, 1.54) is 18.2 Å².